The van der Waals surface area contributed by atoms with Crippen LogP contribution in [0.25, 0.3) is 0 Å². The minimum atomic E-state index is -0.848. The average molecular weight is 273 g/mol. The summed E-state index contributed by atoms with van der Waals surface area (Å²) >= 11 is 3.38. The molecule has 0 amide bonds. The molecule has 1 N–H and O–H groups in total. The molecule has 4 heteroatoms. The summed E-state index contributed by atoms with van der Waals surface area (Å²) in [5.74, 6) is -0.211. The van der Waals surface area contributed by atoms with Gasteiger partial charge < -0.3 is 9.84 Å². The van der Waals surface area contributed by atoms with Gasteiger partial charge in [-0.2, -0.15) is 0 Å². The third-order valence-electron chi connectivity index (χ3n) is 2.22. The molecule has 0 aliphatic heterocycles. The van der Waals surface area contributed by atoms with Gasteiger partial charge in [0.2, 0.25) is 0 Å². The molecular formula is C11H13BrO3. The number of hydrogen-bond acceptors (Lipinski definition) is 2. The monoisotopic (exact) mass is 272 g/mol. The van der Waals surface area contributed by atoms with Crippen molar-refractivity contribution in [3.63, 3.8) is 0 Å². The van der Waals surface area contributed by atoms with E-state index < -0.39 is 5.97 Å². The second-order valence-electron chi connectivity index (χ2n) is 3.29. The van der Waals surface area contributed by atoms with Crippen LogP contribution in [-0.2, 0) is 16.5 Å². The Morgan fingerprint density at radius 1 is 1.47 bits per heavy atom. The number of hydrogen-bond donors (Lipinski definition) is 1. The zero-order valence-corrected chi connectivity index (χ0v) is 10.3. The molecule has 1 aromatic rings. The Bertz CT molecular complexity index is 374. The van der Waals surface area contributed by atoms with Crippen molar-refractivity contribution in [2.24, 2.45) is 0 Å². The molecule has 0 bridgehead atoms. The summed E-state index contributed by atoms with van der Waals surface area (Å²) in [6.07, 6.45) is -0.00736. The molecule has 0 aromatic heterocycles. The van der Waals surface area contributed by atoms with Crippen molar-refractivity contribution in [3.05, 3.63) is 28.8 Å². The van der Waals surface area contributed by atoms with Crippen LogP contribution < -0.4 is 4.74 Å². The maximum absolute atomic E-state index is 10.6. The predicted molar refractivity (Wildman–Crippen MR) is 61.7 cm³/mol. The molecule has 1 aromatic carbocycles. The molecule has 0 aliphatic rings. The van der Waals surface area contributed by atoms with Crippen LogP contribution >= 0.6 is 15.9 Å². The van der Waals surface area contributed by atoms with Gasteiger partial charge >= 0.3 is 5.97 Å². The van der Waals surface area contributed by atoms with Crippen molar-refractivity contribution < 1.29 is 14.6 Å². The number of ether oxygens (including phenoxy) is 1. The maximum Gasteiger partial charge on any atom is 0.307 e. The van der Waals surface area contributed by atoms with Crippen LogP contribution in [-0.4, -0.2) is 18.2 Å². The number of carboxylic acids is 1. The number of methoxy groups -OCH3 is 1. The maximum atomic E-state index is 10.6. The Labute approximate surface area is 97.2 Å². The van der Waals surface area contributed by atoms with Crippen LogP contribution in [0.4, 0.5) is 0 Å². The van der Waals surface area contributed by atoms with Crippen molar-refractivity contribution in [3.8, 4) is 5.75 Å². The van der Waals surface area contributed by atoms with Crippen LogP contribution in [0.5, 0.6) is 5.75 Å². The number of aryl methyl sites for hydroxylation is 1. The van der Waals surface area contributed by atoms with Gasteiger partial charge in [0.1, 0.15) is 5.75 Å². The highest BCUT2D eigenvalue weighted by Gasteiger charge is 2.10. The normalized spacial score (nSPS) is 10.1. The minimum Gasteiger partial charge on any atom is -0.496 e. The number of carboxylic acid groups (broad SMARTS) is 1. The molecule has 3 nitrogen and oxygen atoms in total. The molecular weight excluding hydrogens is 260 g/mol. The molecule has 0 spiro atoms. The van der Waals surface area contributed by atoms with Gasteiger partial charge in [-0.05, 0) is 24.1 Å². The number of halogens is 1. The van der Waals surface area contributed by atoms with E-state index in [0.717, 1.165) is 16.5 Å². The molecule has 0 radical (unpaired) electrons. The van der Waals surface area contributed by atoms with Crippen molar-refractivity contribution in [1.82, 2.24) is 0 Å². The van der Waals surface area contributed by atoms with E-state index in [1.165, 1.54) is 0 Å². The topological polar surface area (TPSA) is 46.5 Å². The molecule has 0 atom stereocenters. The molecule has 1 rings (SSSR count). The fraction of sp³-hybridized carbons (Fsp3) is 0.364. The fourth-order valence-corrected chi connectivity index (χ4v) is 2.03. The molecule has 82 valence electrons. The first-order valence-electron chi connectivity index (χ1n) is 4.52. The van der Waals surface area contributed by atoms with Crippen molar-refractivity contribution >= 4 is 21.9 Å². The molecule has 15 heavy (non-hydrogen) atoms. The summed E-state index contributed by atoms with van der Waals surface area (Å²) in [4.78, 5) is 10.6. The largest absolute Gasteiger partial charge is 0.496 e. The van der Waals surface area contributed by atoms with Crippen LogP contribution in [0.1, 0.15) is 16.7 Å². The summed E-state index contributed by atoms with van der Waals surface area (Å²) in [6.45, 7) is 1.96. The van der Waals surface area contributed by atoms with E-state index in [-0.39, 0.29) is 6.42 Å². The lowest BCUT2D eigenvalue weighted by Crippen LogP contribution is -2.03. The van der Waals surface area contributed by atoms with E-state index in [0.29, 0.717) is 11.3 Å². The first-order chi connectivity index (χ1) is 7.08. The molecule has 0 saturated heterocycles. The van der Waals surface area contributed by atoms with Crippen LogP contribution in [0.3, 0.4) is 0 Å². The van der Waals surface area contributed by atoms with Gasteiger partial charge in [0.15, 0.2) is 0 Å². The van der Waals surface area contributed by atoms with E-state index in [4.69, 9.17) is 9.84 Å². The Morgan fingerprint density at radius 3 is 2.60 bits per heavy atom. The van der Waals surface area contributed by atoms with Crippen molar-refractivity contribution in [2.45, 2.75) is 18.7 Å². The second-order valence-corrected chi connectivity index (χ2v) is 3.86. The van der Waals surface area contributed by atoms with E-state index in [2.05, 4.69) is 15.9 Å². The van der Waals surface area contributed by atoms with Gasteiger partial charge in [-0.3, -0.25) is 4.79 Å². The highest BCUT2D eigenvalue weighted by atomic mass is 79.9. The standard InChI is InChI=1S/C11H13BrO3/c1-7-3-8(5-11(13)14)10(15-2)4-9(7)6-12/h3-4H,5-6H2,1-2H3,(H,13,14). The Hall–Kier alpha value is -1.03. The summed E-state index contributed by atoms with van der Waals surface area (Å²) < 4.78 is 5.16. The summed E-state index contributed by atoms with van der Waals surface area (Å²) in [5, 5.41) is 9.48. The van der Waals surface area contributed by atoms with E-state index in [9.17, 15) is 4.79 Å². The zero-order chi connectivity index (χ0) is 11.4. The van der Waals surface area contributed by atoms with Crippen LogP contribution in [0.15, 0.2) is 12.1 Å². The highest BCUT2D eigenvalue weighted by molar-refractivity contribution is 9.08. The average Bonchev–Trinajstić information content (AvgIpc) is 2.17. The van der Waals surface area contributed by atoms with Crippen LogP contribution in [0, 0.1) is 6.92 Å². The summed E-state index contributed by atoms with van der Waals surface area (Å²) in [5.41, 5.74) is 2.90. The van der Waals surface area contributed by atoms with Gasteiger partial charge in [-0.15, -0.1) is 0 Å². The quantitative estimate of drug-likeness (QED) is 0.857. The molecule has 0 fully saturated rings. The summed E-state index contributed by atoms with van der Waals surface area (Å²) in [6, 6.07) is 3.74. The number of aliphatic carboxylic acids is 1. The van der Waals surface area contributed by atoms with Gasteiger partial charge in [0.05, 0.1) is 13.5 Å². The van der Waals surface area contributed by atoms with Gasteiger partial charge in [-0.25, -0.2) is 0 Å². The van der Waals surface area contributed by atoms with E-state index in [1.807, 2.05) is 19.1 Å². The molecule has 0 heterocycles. The van der Waals surface area contributed by atoms with E-state index in [1.54, 1.807) is 7.11 Å². The van der Waals surface area contributed by atoms with Gasteiger partial charge in [0, 0.05) is 10.9 Å². The SMILES string of the molecule is COc1cc(CBr)c(C)cc1CC(=O)O. The highest BCUT2D eigenvalue weighted by Crippen LogP contribution is 2.25. The smallest absolute Gasteiger partial charge is 0.307 e. The third kappa shape index (κ3) is 2.96. The second kappa shape index (κ2) is 5.16. The lowest BCUT2D eigenvalue weighted by Gasteiger charge is -2.11. The van der Waals surface area contributed by atoms with Gasteiger partial charge in [-0.1, -0.05) is 22.0 Å². The number of rotatable bonds is 4. The lowest BCUT2D eigenvalue weighted by molar-refractivity contribution is -0.136. The van der Waals surface area contributed by atoms with Gasteiger partial charge in [0.25, 0.3) is 0 Å². The number of carbonyl (C=O) groups is 1. The minimum absolute atomic E-state index is 0.00736. The Balaban J connectivity index is 3.15. The first kappa shape index (κ1) is 12.0. The van der Waals surface area contributed by atoms with E-state index >= 15 is 0 Å². The zero-order valence-electron chi connectivity index (χ0n) is 8.71. The molecule has 0 unspecified atom stereocenters. The Kier molecular flexibility index (Phi) is 4.15. The Morgan fingerprint density at radius 2 is 2.13 bits per heavy atom. The summed E-state index contributed by atoms with van der Waals surface area (Å²) in [7, 11) is 1.55. The number of benzene rings is 1. The fourth-order valence-electron chi connectivity index (χ4n) is 1.43. The van der Waals surface area contributed by atoms with Crippen molar-refractivity contribution in [2.75, 3.05) is 7.11 Å². The number of alkyl halides is 1. The van der Waals surface area contributed by atoms with Crippen LogP contribution in [0.2, 0.25) is 0 Å². The lowest BCUT2D eigenvalue weighted by atomic mass is 10.0. The predicted octanol–water partition coefficient (Wildman–Crippen LogP) is 2.53. The molecule has 0 aliphatic carbocycles. The third-order valence-corrected chi connectivity index (χ3v) is 2.83. The first-order valence-corrected chi connectivity index (χ1v) is 5.64. The van der Waals surface area contributed by atoms with Crippen molar-refractivity contribution in [1.29, 1.82) is 0 Å². The molecule has 0 saturated carbocycles.